The van der Waals surface area contributed by atoms with Gasteiger partial charge in [-0.3, -0.25) is 19.7 Å². The third-order valence-corrected chi connectivity index (χ3v) is 3.15. The molecule has 2 rings (SSSR count). The Labute approximate surface area is 99.1 Å². The quantitative estimate of drug-likeness (QED) is 0.627. The molecule has 0 radical (unpaired) electrons. The van der Waals surface area contributed by atoms with Crippen LogP contribution in [0.25, 0.3) is 0 Å². The molecule has 0 aliphatic carbocycles. The van der Waals surface area contributed by atoms with Gasteiger partial charge in [-0.25, -0.2) is 0 Å². The van der Waals surface area contributed by atoms with E-state index in [0.717, 1.165) is 0 Å². The summed E-state index contributed by atoms with van der Waals surface area (Å²) in [7, 11) is 0. The first-order chi connectivity index (χ1) is 8.16. The highest BCUT2D eigenvalue weighted by Crippen LogP contribution is 2.15. The molecule has 0 spiro atoms. The summed E-state index contributed by atoms with van der Waals surface area (Å²) in [6.45, 7) is 1.18. The molecular weight excluding hydrogens is 224 g/mol. The van der Waals surface area contributed by atoms with Crippen molar-refractivity contribution in [3.05, 3.63) is 0 Å². The van der Waals surface area contributed by atoms with Crippen LogP contribution in [0.2, 0.25) is 0 Å². The topological polar surface area (TPSA) is 84.5 Å². The maximum Gasteiger partial charge on any atom is 0.249 e. The Bertz CT molecular complexity index is 336. The van der Waals surface area contributed by atoms with E-state index in [9.17, 15) is 14.4 Å². The van der Waals surface area contributed by atoms with Gasteiger partial charge in [-0.1, -0.05) is 0 Å². The van der Waals surface area contributed by atoms with Crippen molar-refractivity contribution in [1.29, 1.82) is 0 Å². The predicted octanol–water partition coefficient (Wildman–Crippen LogP) is -0.666. The summed E-state index contributed by atoms with van der Waals surface area (Å²) in [5.41, 5.74) is 0. The molecule has 6 heteroatoms. The van der Waals surface area contributed by atoms with Crippen molar-refractivity contribution in [2.45, 2.75) is 31.7 Å². The van der Waals surface area contributed by atoms with E-state index in [1.807, 2.05) is 0 Å². The van der Waals surface area contributed by atoms with Crippen LogP contribution in [0.4, 0.5) is 0 Å². The molecule has 2 fully saturated rings. The molecule has 1 unspecified atom stereocenters. The van der Waals surface area contributed by atoms with Crippen molar-refractivity contribution in [2.75, 3.05) is 13.2 Å². The fourth-order valence-corrected chi connectivity index (χ4v) is 2.08. The van der Waals surface area contributed by atoms with Crippen LogP contribution in [0.15, 0.2) is 0 Å². The van der Waals surface area contributed by atoms with Crippen LogP contribution in [-0.2, 0) is 19.1 Å². The van der Waals surface area contributed by atoms with E-state index >= 15 is 0 Å². The van der Waals surface area contributed by atoms with Gasteiger partial charge in [-0.2, -0.15) is 0 Å². The Morgan fingerprint density at radius 3 is 2.59 bits per heavy atom. The Morgan fingerprint density at radius 2 is 1.94 bits per heavy atom. The van der Waals surface area contributed by atoms with Crippen LogP contribution in [0.5, 0.6) is 0 Å². The average molecular weight is 240 g/mol. The number of carbonyl (C=O) groups is 3. The number of piperidine rings is 1. The van der Waals surface area contributed by atoms with Gasteiger partial charge in [0.2, 0.25) is 17.7 Å². The largest absolute Gasteiger partial charge is 0.381 e. The SMILES string of the molecule is O=C1CCC(NC(=O)C2CCOCC2)C(=O)N1. The third-order valence-electron chi connectivity index (χ3n) is 3.15. The molecule has 6 nitrogen and oxygen atoms in total. The van der Waals surface area contributed by atoms with Crippen LogP contribution >= 0.6 is 0 Å². The lowest BCUT2D eigenvalue weighted by atomic mass is 9.98. The maximum atomic E-state index is 11.9. The molecule has 17 heavy (non-hydrogen) atoms. The molecule has 0 saturated carbocycles. The lowest BCUT2D eigenvalue weighted by Gasteiger charge is -2.26. The molecule has 2 saturated heterocycles. The molecule has 0 aromatic rings. The van der Waals surface area contributed by atoms with Gasteiger partial charge >= 0.3 is 0 Å². The summed E-state index contributed by atoms with van der Waals surface area (Å²) >= 11 is 0. The van der Waals surface area contributed by atoms with Crippen molar-refractivity contribution < 1.29 is 19.1 Å². The fraction of sp³-hybridized carbons (Fsp3) is 0.727. The molecule has 1 atom stereocenters. The van der Waals surface area contributed by atoms with E-state index in [0.29, 0.717) is 32.5 Å². The summed E-state index contributed by atoms with van der Waals surface area (Å²) in [6, 6.07) is -0.567. The molecule has 2 aliphatic rings. The molecule has 94 valence electrons. The molecular formula is C11H16N2O4. The molecule has 0 bridgehead atoms. The summed E-state index contributed by atoms with van der Waals surface area (Å²) in [4.78, 5) is 34.3. The number of ether oxygens (including phenoxy) is 1. The first kappa shape index (κ1) is 12.0. The van der Waals surface area contributed by atoms with Gasteiger partial charge in [0.05, 0.1) is 0 Å². The number of imide groups is 1. The minimum absolute atomic E-state index is 0.0748. The minimum atomic E-state index is -0.567. The summed E-state index contributed by atoms with van der Waals surface area (Å²) in [5, 5.41) is 4.92. The minimum Gasteiger partial charge on any atom is -0.381 e. The van der Waals surface area contributed by atoms with Gasteiger partial charge in [0.25, 0.3) is 0 Å². The van der Waals surface area contributed by atoms with E-state index in [-0.39, 0.29) is 24.2 Å². The standard InChI is InChI=1S/C11H16N2O4/c14-9-2-1-8(11(16)13-9)12-10(15)7-3-5-17-6-4-7/h7-8H,1-6H2,(H,12,15)(H,13,14,16). The Morgan fingerprint density at radius 1 is 1.24 bits per heavy atom. The lowest BCUT2D eigenvalue weighted by Crippen LogP contribution is -2.53. The van der Waals surface area contributed by atoms with Gasteiger partial charge in [0.15, 0.2) is 0 Å². The summed E-state index contributed by atoms with van der Waals surface area (Å²) < 4.78 is 5.17. The monoisotopic (exact) mass is 240 g/mol. The molecule has 2 aliphatic heterocycles. The van der Waals surface area contributed by atoms with E-state index in [1.54, 1.807) is 0 Å². The van der Waals surface area contributed by atoms with Crippen LogP contribution in [0.3, 0.4) is 0 Å². The average Bonchev–Trinajstić information content (AvgIpc) is 2.34. The number of nitrogens with one attached hydrogen (secondary N) is 2. The summed E-state index contributed by atoms with van der Waals surface area (Å²) in [6.07, 6.45) is 2.06. The zero-order chi connectivity index (χ0) is 12.3. The van der Waals surface area contributed by atoms with Crippen LogP contribution in [0.1, 0.15) is 25.7 Å². The number of carbonyl (C=O) groups excluding carboxylic acids is 3. The van der Waals surface area contributed by atoms with Gasteiger partial charge in [-0.05, 0) is 19.3 Å². The molecule has 3 amide bonds. The van der Waals surface area contributed by atoms with Crippen molar-refractivity contribution in [2.24, 2.45) is 5.92 Å². The van der Waals surface area contributed by atoms with E-state index < -0.39 is 11.9 Å². The van der Waals surface area contributed by atoms with Gasteiger partial charge < -0.3 is 10.1 Å². The van der Waals surface area contributed by atoms with Crippen LogP contribution in [0, 0.1) is 5.92 Å². The smallest absolute Gasteiger partial charge is 0.249 e. The van der Waals surface area contributed by atoms with Gasteiger partial charge in [0.1, 0.15) is 6.04 Å². The number of amides is 3. The maximum absolute atomic E-state index is 11.9. The molecule has 2 heterocycles. The first-order valence-corrected chi connectivity index (χ1v) is 5.88. The Balaban J connectivity index is 1.85. The van der Waals surface area contributed by atoms with E-state index in [4.69, 9.17) is 4.74 Å². The lowest BCUT2D eigenvalue weighted by molar-refractivity contribution is -0.138. The molecule has 2 N–H and O–H groups in total. The third kappa shape index (κ3) is 3.03. The summed E-state index contributed by atoms with van der Waals surface area (Å²) in [5.74, 6) is -0.856. The van der Waals surface area contributed by atoms with E-state index in [2.05, 4.69) is 10.6 Å². The fourth-order valence-electron chi connectivity index (χ4n) is 2.08. The second-order valence-electron chi connectivity index (χ2n) is 4.40. The highest BCUT2D eigenvalue weighted by molar-refractivity contribution is 6.01. The van der Waals surface area contributed by atoms with E-state index in [1.165, 1.54) is 0 Å². The highest BCUT2D eigenvalue weighted by Gasteiger charge is 2.30. The Hall–Kier alpha value is -1.43. The van der Waals surface area contributed by atoms with Crippen molar-refractivity contribution in [1.82, 2.24) is 10.6 Å². The van der Waals surface area contributed by atoms with Crippen LogP contribution in [-0.4, -0.2) is 37.0 Å². The Kier molecular flexibility index (Phi) is 3.73. The number of hydrogen-bond donors (Lipinski definition) is 2. The van der Waals surface area contributed by atoms with Gasteiger partial charge in [-0.15, -0.1) is 0 Å². The zero-order valence-electron chi connectivity index (χ0n) is 9.53. The second kappa shape index (κ2) is 5.27. The van der Waals surface area contributed by atoms with Crippen LogP contribution < -0.4 is 10.6 Å². The predicted molar refractivity (Wildman–Crippen MR) is 57.9 cm³/mol. The normalized spacial score (nSPS) is 26.5. The zero-order valence-corrected chi connectivity index (χ0v) is 9.53. The van der Waals surface area contributed by atoms with Gasteiger partial charge in [0, 0.05) is 25.6 Å². The first-order valence-electron chi connectivity index (χ1n) is 5.88. The van der Waals surface area contributed by atoms with Crippen molar-refractivity contribution in [3.8, 4) is 0 Å². The second-order valence-corrected chi connectivity index (χ2v) is 4.40. The highest BCUT2D eigenvalue weighted by atomic mass is 16.5. The number of rotatable bonds is 2. The van der Waals surface area contributed by atoms with Crippen molar-refractivity contribution >= 4 is 17.7 Å². The number of hydrogen-bond acceptors (Lipinski definition) is 4. The van der Waals surface area contributed by atoms with Crippen molar-refractivity contribution in [3.63, 3.8) is 0 Å². The molecule has 0 aromatic heterocycles. The molecule has 0 aromatic carbocycles.